The number of aliphatic hydroxyl groups is 4. The Balaban J connectivity index is 1.77. The lowest BCUT2D eigenvalue weighted by atomic mass is 9.99. The van der Waals surface area contributed by atoms with Crippen molar-refractivity contribution in [3.8, 4) is 16.9 Å². The highest BCUT2D eigenvalue weighted by Crippen LogP contribution is 2.28. The first-order valence-corrected chi connectivity index (χ1v) is 8.70. The Hall–Kier alpha value is -2.49. The molecule has 0 saturated carbocycles. The number of aliphatic hydroxyl groups excluding tert-OH is 4. The van der Waals surface area contributed by atoms with Crippen LogP contribution in [0.5, 0.6) is 5.75 Å². The Morgan fingerprint density at radius 1 is 1.00 bits per heavy atom. The van der Waals surface area contributed by atoms with Crippen molar-refractivity contribution in [2.75, 3.05) is 13.7 Å². The van der Waals surface area contributed by atoms with Gasteiger partial charge in [0, 0.05) is 0 Å². The van der Waals surface area contributed by atoms with Crippen molar-refractivity contribution in [1.82, 2.24) is 0 Å². The van der Waals surface area contributed by atoms with Gasteiger partial charge in [-0.15, -0.1) is 0 Å². The summed E-state index contributed by atoms with van der Waals surface area (Å²) in [5.41, 5.74) is 2.05. The second kappa shape index (κ2) is 8.68. The van der Waals surface area contributed by atoms with Crippen LogP contribution in [-0.2, 0) is 9.47 Å². The van der Waals surface area contributed by atoms with Crippen LogP contribution in [0, 0.1) is 0 Å². The van der Waals surface area contributed by atoms with Crippen LogP contribution in [0.3, 0.4) is 0 Å². The number of ether oxygens (including phenoxy) is 3. The van der Waals surface area contributed by atoms with E-state index in [9.17, 15) is 25.2 Å². The molecule has 0 aliphatic carbocycles. The maximum atomic E-state index is 11.5. The van der Waals surface area contributed by atoms with Crippen molar-refractivity contribution in [3.05, 3.63) is 54.1 Å². The van der Waals surface area contributed by atoms with E-state index in [0.29, 0.717) is 11.3 Å². The number of carbonyl (C=O) groups is 1. The van der Waals surface area contributed by atoms with Crippen molar-refractivity contribution in [3.63, 3.8) is 0 Å². The number of benzene rings is 2. The van der Waals surface area contributed by atoms with Gasteiger partial charge in [-0.05, 0) is 35.4 Å². The van der Waals surface area contributed by atoms with Gasteiger partial charge in [0.25, 0.3) is 0 Å². The molecule has 3 rings (SSSR count). The monoisotopic (exact) mass is 390 g/mol. The van der Waals surface area contributed by atoms with Crippen LogP contribution in [0.15, 0.2) is 48.5 Å². The molecule has 150 valence electrons. The van der Waals surface area contributed by atoms with E-state index in [0.717, 1.165) is 11.1 Å². The minimum atomic E-state index is -1.51. The fourth-order valence-electron chi connectivity index (χ4n) is 2.96. The summed E-state index contributed by atoms with van der Waals surface area (Å²) in [6.07, 6.45) is -6.74. The van der Waals surface area contributed by atoms with Crippen molar-refractivity contribution >= 4 is 5.97 Å². The Bertz CT molecular complexity index is 804. The maximum absolute atomic E-state index is 11.5. The molecular weight excluding hydrogens is 368 g/mol. The van der Waals surface area contributed by atoms with Gasteiger partial charge in [-0.1, -0.05) is 24.3 Å². The largest absolute Gasteiger partial charge is 0.465 e. The van der Waals surface area contributed by atoms with Crippen molar-refractivity contribution in [1.29, 1.82) is 0 Å². The van der Waals surface area contributed by atoms with Gasteiger partial charge >= 0.3 is 5.97 Å². The summed E-state index contributed by atoms with van der Waals surface area (Å²) in [7, 11) is 1.32. The topological polar surface area (TPSA) is 126 Å². The quantitative estimate of drug-likeness (QED) is 0.538. The molecule has 2 aromatic carbocycles. The molecule has 0 spiro atoms. The summed E-state index contributed by atoms with van der Waals surface area (Å²) < 4.78 is 15.7. The van der Waals surface area contributed by atoms with Gasteiger partial charge in [0.05, 0.1) is 19.3 Å². The molecule has 4 N–H and O–H groups in total. The zero-order valence-corrected chi connectivity index (χ0v) is 15.1. The van der Waals surface area contributed by atoms with Crippen LogP contribution in [-0.4, -0.2) is 70.8 Å². The number of carbonyl (C=O) groups excluding carboxylic acids is 1. The fraction of sp³-hybridized carbons (Fsp3) is 0.350. The molecule has 0 radical (unpaired) electrons. The summed E-state index contributed by atoms with van der Waals surface area (Å²) >= 11 is 0. The summed E-state index contributed by atoms with van der Waals surface area (Å²) in [6.45, 7) is -0.530. The number of esters is 1. The highest BCUT2D eigenvalue weighted by molar-refractivity contribution is 5.90. The third kappa shape index (κ3) is 4.16. The first-order chi connectivity index (χ1) is 13.4. The summed E-state index contributed by atoms with van der Waals surface area (Å²) in [6, 6.07) is 13.7. The molecule has 1 heterocycles. The van der Waals surface area contributed by atoms with E-state index in [1.54, 1.807) is 42.5 Å². The van der Waals surface area contributed by atoms with Crippen LogP contribution in [0.4, 0.5) is 0 Å². The highest BCUT2D eigenvalue weighted by atomic mass is 16.7. The smallest absolute Gasteiger partial charge is 0.337 e. The predicted octanol–water partition coefficient (Wildman–Crippen LogP) is 0.319. The second-order valence-electron chi connectivity index (χ2n) is 6.41. The van der Waals surface area contributed by atoms with E-state index < -0.39 is 43.3 Å². The SMILES string of the molecule is COC(=O)c1ccc(-c2cccc(O[C@H]3O[C@H](CO)[C@@H](O)[C@H](O)[C@@H]3O)c2)cc1. The number of rotatable bonds is 5. The van der Waals surface area contributed by atoms with E-state index >= 15 is 0 Å². The van der Waals surface area contributed by atoms with Crippen LogP contribution in [0.2, 0.25) is 0 Å². The van der Waals surface area contributed by atoms with Crippen LogP contribution in [0.25, 0.3) is 11.1 Å². The van der Waals surface area contributed by atoms with Gasteiger partial charge < -0.3 is 34.6 Å². The average Bonchev–Trinajstić information content (AvgIpc) is 2.74. The highest BCUT2D eigenvalue weighted by Gasteiger charge is 2.44. The predicted molar refractivity (Wildman–Crippen MR) is 97.6 cm³/mol. The lowest BCUT2D eigenvalue weighted by molar-refractivity contribution is -0.277. The van der Waals surface area contributed by atoms with Gasteiger partial charge in [-0.3, -0.25) is 0 Å². The first kappa shape index (κ1) is 20.2. The van der Waals surface area contributed by atoms with E-state index in [4.69, 9.17) is 9.47 Å². The van der Waals surface area contributed by atoms with Crippen LogP contribution in [0.1, 0.15) is 10.4 Å². The summed E-state index contributed by atoms with van der Waals surface area (Å²) in [5.74, 6) is -0.0647. The van der Waals surface area contributed by atoms with Crippen molar-refractivity contribution in [2.24, 2.45) is 0 Å². The molecule has 1 aliphatic rings. The summed E-state index contributed by atoms with van der Waals surface area (Å²) in [4.78, 5) is 11.5. The second-order valence-corrected chi connectivity index (χ2v) is 6.41. The Morgan fingerprint density at radius 3 is 2.36 bits per heavy atom. The molecule has 1 aliphatic heterocycles. The number of hydrogen-bond acceptors (Lipinski definition) is 8. The van der Waals surface area contributed by atoms with Gasteiger partial charge in [-0.25, -0.2) is 4.79 Å². The number of hydrogen-bond donors (Lipinski definition) is 4. The van der Waals surface area contributed by atoms with E-state index in [1.807, 2.05) is 6.07 Å². The molecule has 2 aromatic rings. The minimum Gasteiger partial charge on any atom is -0.465 e. The molecule has 0 bridgehead atoms. The Labute approximate surface area is 161 Å². The van der Waals surface area contributed by atoms with Crippen LogP contribution >= 0.6 is 0 Å². The molecule has 8 heteroatoms. The molecule has 1 saturated heterocycles. The van der Waals surface area contributed by atoms with E-state index in [-0.39, 0.29) is 0 Å². The molecule has 28 heavy (non-hydrogen) atoms. The standard InChI is InChI=1S/C20H22O8/c1-26-19(25)12-7-5-11(6-8-12)13-3-2-4-14(9-13)27-20-18(24)17(23)16(22)15(10-21)28-20/h2-9,15-18,20-24H,10H2,1H3/t15-,16-,17+,18+,20+/m1/s1. The lowest BCUT2D eigenvalue weighted by Crippen LogP contribution is -2.60. The molecule has 0 unspecified atom stereocenters. The maximum Gasteiger partial charge on any atom is 0.337 e. The molecule has 0 amide bonds. The first-order valence-electron chi connectivity index (χ1n) is 8.70. The van der Waals surface area contributed by atoms with Crippen molar-refractivity contribution < 1.29 is 39.4 Å². The molecular formula is C20H22O8. The van der Waals surface area contributed by atoms with Gasteiger partial charge in [0.1, 0.15) is 30.2 Å². The zero-order valence-electron chi connectivity index (χ0n) is 15.1. The molecule has 8 nitrogen and oxygen atoms in total. The Kier molecular flexibility index (Phi) is 6.28. The normalized spacial score (nSPS) is 27.2. The van der Waals surface area contributed by atoms with E-state index in [2.05, 4.69) is 4.74 Å². The lowest BCUT2D eigenvalue weighted by Gasteiger charge is -2.39. The van der Waals surface area contributed by atoms with E-state index in [1.165, 1.54) is 7.11 Å². The van der Waals surface area contributed by atoms with Crippen LogP contribution < -0.4 is 4.74 Å². The summed E-state index contributed by atoms with van der Waals surface area (Å²) in [5, 5.41) is 39.0. The third-order valence-electron chi connectivity index (χ3n) is 4.57. The fourth-order valence-corrected chi connectivity index (χ4v) is 2.96. The van der Waals surface area contributed by atoms with Crippen molar-refractivity contribution in [2.45, 2.75) is 30.7 Å². The third-order valence-corrected chi connectivity index (χ3v) is 4.57. The van der Waals surface area contributed by atoms with Gasteiger partial charge in [0.2, 0.25) is 6.29 Å². The van der Waals surface area contributed by atoms with Gasteiger partial charge in [0.15, 0.2) is 0 Å². The average molecular weight is 390 g/mol. The minimum absolute atomic E-state index is 0.360. The Morgan fingerprint density at radius 2 is 1.71 bits per heavy atom. The molecule has 5 atom stereocenters. The van der Waals surface area contributed by atoms with Gasteiger partial charge in [-0.2, -0.15) is 0 Å². The molecule has 0 aromatic heterocycles. The zero-order chi connectivity index (χ0) is 20.3. The number of methoxy groups -OCH3 is 1. The molecule has 1 fully saturated rings.